The van der Waals surface area contributed by atoms with E-state index < -0.39 is 17.7 Å². The number of likely N-dealkylation sites (N-methyl/N-ethyl adjacent to an activating group) is 1. The number of anilines is 2. The van der Waals surface area contributed by atoms with Crippen molar-refractivity contribution in [3.05, 3.63) is 78.6 Å². The van der Waals surface area contributed by atoms with Crippen molar-refractivity contribution in [3.63, 3.8) is 0 Å². The van der Waals surface area contributed by atoms with Crippen LogP contribution >= 0.6 is 0 Å². The predicted molar refractivity (Wildman–Crippen MR) is 178 cm³/mol. The van der Waals surface area contributed by atoms with Crippen molar-refractivity contribution in [2.45, 2.75) is 45.0 Å². The number of pyridine rings is 2. The van der Waals surface area contributed by atoms with Crippen molar-refractivity contribution in [2.75, 3.05) is 37.0 Å². The van der Waals surface area contributed by atoms with E-state index in [1.54, 1.807) is 24.3 Å². The number of hydrogen-bond donors (Lipinski definition) is 1. The number of carbonyl (C=O) groups excluding carboxylic acids is 1. The molecule has 8 rings (SSSR count). The molecule has 2 aliphatic heterocycles. The fourth-order valence-corrected chi connectivity index (χ4v) is 7.01. The zero-order valence-electron chi connectivity index (χ0n) is 27.1. The topological polar surface area (TPSA) is 132 Å². The van der Waals surface area contributed by atoms with Gasteiger partial charge in [-0.3, -0.25) is 9.78 Å². The summed E-state index contributed by atoms with van der Waals surface area (Å²) in [6.07, 6.45) is 4.76. The monoisotopic (exact) mass is 665 g/mol. The molecule has 2 aliphatic rings. The molecule has 250 valence electrons. The van der Waals surface area contributed by atoms with E-state index in [1.165, 1.54) is 17.1 Å². The maximum absolute atomic E-state index is 14.8. The van der Waals surface area contributed by atoms with Gasteiger partial charge in [0.15, 0.2) is 11.5 Å². The van der Waals surface area contributed by atoms with Crippen LogP contribution in [-0.4, -0.2) is 95.0 Å². The predicted octanol–water partition coefficient (Wildman–Crippen LogP) is 4.15. The van der Waals surface area contributed by atoms with Gasteiger partial charge in [-0.1, -0.05) is 6.07 Å². The van der Waals surface area contributed by atoms with E-state index in [2.05, 4.69) is 25.0 Å². The van der Waals surface area contributed by atoms with Crippen LogP contribution in [0, 0.1) is 18.6 Å². The molecule has 1 aromatic carbocycles. The highest BCUT2D eigenvalue weighted by atomic mass is 19.1. The second kappa shape index (κ2) is 12.1. The molecule has 13 nitrogen and oxygen atoms in total. The molecule has 0 aliphatic carbocycles. The van der Waals surface area contributed by atoms with E-state index in [9.17, 15) is 13.6 Å². The molecule has 7 heterocycles. The van der Waals surface area contributed by atoms with E-state index in [0.717, 1.165) is 29.0 Å². The average Bonchev–Trinajstić information content (AvgIpc) is 3.79. The molecule has 1 saturated heterocycles. The molecule has 15 heteroatoms. The van der Waals surface area contributed by atoms with E-state index in [4.69, 9.17) is 19.7 Å². The van der Waals surface area contributed by atoms with Crippen molar-refractivity contribution in [1.82, 2.24) is 44.2 Å². The highest BCUT2D eigenvalue weighted by Crippen LogP contribution is 2.34. The van der Waals surface area contributed by atoms with Crippen LogP contribution in [-0.2, 0) is 16.1 Å². The zero-order chi connectivity index (χ0) is 33.8. The van der Waals surface area contributed by atoms with Gasteiger partial charge in [-0.15, -0.1) is 0 Å². The lowest BCUT2D eigenvalue weighted by Crippen LogP contribution is -2.47. The van der Waals surface area contributed by atoms with Crippen LogP contribution in [0.25, 0.3) is 39.1 Å². The van der Waals surface area contributed by atoms with Crippen molar-refractivity contribution >= 4 is 39.6 Å². The summed E-state index contributed by atoms with van der Waals surface area (Å²) in [5.74, 6) is 0.347. The standard InChI is InChI=1S/C34H33F2N11O2/c1-4-49-22-16-44(3)34(48)28-13-21(42-29-7-5-6-25(43-29)30-31-26(10-11-37-30)41-19(2)45(31)17-22)15-46(28)32-23-14-40-47(33(23)39-18-38-32)27-9-8-20(35)12-24(27)36/h5-12,14,18,21-22,28H,4,13,15-17H2,1-3H3,(H,42,43)/t21-,22-,28-/m0/s1. The third-order valence-electron chi connectivity index (χ3n) is 9.17. The minimum atomic E-state index is -0.776. The summed E-state index contributed by atoms with van der Waals surface area (Å²) in [7, 11) is 1.78. The van der Waals surface area contributed by atoms with E-state index in [-0.39, 0.29) is 23.7 Å². The van der Waals surface area contributed by atoms with Gasteiger partial charge in [0.2, 0.25) is 5.91 Å². The van der Waals surface area contributed by atoms with Gasteiger partial charge in [0.05, 0.1) is 41.0 Å². The fourth-order valence-electron chi connectivity index (χ4n) is 7.01. The smallest absolute Gasteiger partial charge is 0.245 e. The number of rotatable bonds is 4. The Morgan fingerprint density at radius 2 is 1.92 bits per heavy atom. The van der Waals surface area contributed by atoms with Crippen molar-refractivity contribution in [3.8, 4) is 17.1 Å². The highest BCUT2D eigenvalue weighted by molar-refractivity contribution is 5.93. The number of amides is 1. The molecule has 0 unspecified atom stereocenters. The van der Waals surface area contributed by atoms with Crippen LogP contribution in [0.1, 0.15) is 19.2 Å². The molecule has 5 aromatic heterocycles. The van der Waals surface area contributed by atoms with Gasteiger partial charge in [-0.25, -0.2) is 33.4 Å². The van der Waals surface area contributed by atoms with Crippen LogP contribution in [0.2, 0.25) is 0 Å². The third kappa shape index (κ3) is 5.39. The normalized spacial score (nSPS) is 19.7. The first-order valence-electron chi connectivity index (χ1n) is 16.1. The molecular weight excluding hydrogens is 632 g/mol. The molecule has 1 N–H and O–H groups in total. The Labute approximate surface area is 279 Å². The molecule has 0 radical (unpaired) electrons. The number of fused-ring (bicyclic) bond motifs is 6. The van der Waals surface area contributed by atoms with Crippen molar-refractivity contribution < 1.29 is 18.3 Å². The third-order valence-corrected chi connectivity index (χ3v) is 9.17. The SMILES string of the molecule is CCO[C@H]1CN(C)C(=O)[C@@H]2C[C@@H](CN2c2ncnc3c2cnn3-c2ccc(F)cc2F)Nc2cccc(n2)-c2nccc3nc(C)n(c23)C1. The Morgan fingerprint density at radius 3 is 2.76 bits per heavy atom. The Morgan fingerprint density at radius 1 is 1.04 bits per heavy atom. The maximum atomic E-state index is 14.8. The maximum Gasteiger partial charge on any atom is 0.245 e. The number of nitrogens with zero attached hydrogens (tertiary/aromatic N) is 10. The Bertz CT molecular complexity index is 2220. The molecule has 4 bridgehead atoms. The lowest BCUT2D eigenvalue weighted by atomic mass is 10.1. The first kappa shape index (κ1) is 30.7. The number of halogens is 2. The number of imidazole rings is 1. The van der Waals surface area contributed by atoms with Gasteiger partial charge >= 0.3 is 0 Å². The summed E-state index contributed by atoms with van der Waals surface area (Å²) in [6.45, 7) is 5.54. The molecule has 0 spiro atoms. The summed E-state index contributed by atoms with van der Waals surface area (Å²) >= 11 is 0. The lowest BCUT2D eigenvalue weighted by Gasteiger charge is -2.31. The lowest BCUT2D eigenvalue weighted by molar-refractivity contribution is -0.133. The van der Waals surface area contributed by atoms with Gasteiger partial charge in [0.25, 0.3) is 0 Å². The number of aryl methyl sites for hydroxylation is 1. The first-order chi connectivity index (χ1) is 23.8. The number of carbonyl (C=O) groups is 1. The molecule has 1 amide bonds. The Kier molecular flexibility index (Phi) is 7.62. The second-order valence-electron chi connectivity index (χ2n) is 12.3. The quantitative estimate of drug-likeness (QED) is 0.293. The fraction of sp³-hybridized carbons (Fsp3) is 0.324. The Hall–Kier alpha value is -5.57. The average molecular weight is 666 g/mol. The number of aromatic nitrogens is 8. The zero-order valence-corrected chi connectivity index (χ0v) is 27.1. The number of hydrogen-bond acceptors (Lipinski definition) is 10. The second-order valence-corrected chi connectivity index (χ2v) is 12.3. The van der Waals surface area contributed by atoms with Gasteiger partial charge in [0.1, 0.15) is 47.0 Å². The summed E-state index contributed by atoms with van der Waals surface area (Å²) < 4.78 is 38.1. The molecule has 3 atom stereocenters. The van der Waals surface area contributed by atoms with Gasteiger partial charge in [0, 0.05) is 45.0 Å². The highest BCUT2D eigenvalue weighted by Gasteiger charge is 2.41. The molecule has 1 fully saturated rings. The number of ether oxygens (including phenoxy) is 1. The molecule has 0 saturated carbocycles. The summed E-state index contributed by atoms with van der Waals surface area (Å²) in [4.78, 5) is 41.6. The largest absolute Gasteiger partial charge is 0.375 e. The van der Waals surface area contributed by atoms with Gasteiger partial charge in [-0.2, -0.15) is 5.10 Å². The summed E-state index contributed by atoms with van der Waals surface area (Å²) in [6, 6.07) is 10.1. The van der Waals surface area contributed by atoms with Crippen molar-refractivity contribution in [1.29, 1.82) is 0 Å². The summed E-state index contributed by atoms with van der Waals surface area (Å²) in [5.41, 5.74) is 3.44. The molecule has 6 aromatic rings. The van der Waals surface area contributed by atoms with Gasteiger partial charge in [-0.05, 0) is 50.6 Å². The number of nitrogens with one attached hydrogen (secondary N) is 1. The molecular formula is C34H33F2N11O2. The van der Waals surface area contributed by atoms with E-state index in [0.29, 0.717) is 66.7 Å². The number of benzene rings is 1. The first-order valence-corrected chi connectivity index (χ1v) is 16.1. The van der Waals surface area contributed by atoms with Crippen LogP contribution in [0.15, 0.2) is 61.2 Å². The molecule has 49 heavy (non-hydrogen) atoms. The van der Waals surface area contributed by atoms with Crippen LogP contribution in [0.5, 0.6) is 0 Å². The minimum Gasteiger partial charge on any atom is -0.375 e. The van der Waals surface area contributed by atoms with E-state index >= 15 is 0 Å². The van der Waals surface area contributed by atoms with Gasteiger partial charge < -0.3 is 24.4 Å². The van der Waals surface area contributed by atoms with Crippen LogP contribution in [0.4, 0.5) is 20.4 Å². The summed E-state index contributed by atoms with van der Waals surface area (Å²) in [5, 5.41) is 8.46. The van der Waals surface area contributed by atoms with Crippen molar-refractivity contribution in [2.24, 2.45) is 0 Å². The minimum absolute atomic E-state index is 0.0465. The van der Waals surface area contributed by atoms with Crippen LogP contribution in [0.3, 0.4) is 0 Å². The van der Waals surface area contributed by atoms with Crippen LogP contribution < -0.4 is 10.2 Å². The van der Waals surface area contributed by atoms with E-state index in [1.807, 2.05) is 43.0 Å². The Balaban J connectivity index is 1.22.